The van der Waals surface area contributed by atoms with Crippen LogP contribution in [0.25, 0.3) is 0 Å². The summed E-state index contributed by atoms with van der Waals surface area (Å²) in [6.45, 7) is 2.21. The van der Waals surface area contributed by atoms with Crippen molar-refractivity contribution in [3.63, 3.8) is 0 Å². The van der Waals surface area contributed by atoms with Crippen LogP contribution in [-0.4, -0.2) is 6.54 Å². The lowest BCUT2D eigenvalue weighted by molar-refractivity contribution is 0.302. The van der Waals surface area contributed by atoms with Crippen LogP contribution in [0.5, 0.6) is 5.75 Å². The van der Waals surface area contributed by atoms with Crippen LogP contribution in [-0.2, 0) is 6.61 Å². The maximum atomic E-state index is 13.3. The quantitative estimate of drug-likeness (QED) is 0.880. The van der Waals surface area contributed by atoms with Gasteiger partial charge in [-0.3, -0.25) is 0 Å². The summed E-state index contributed by atoms with van der Waals surface area (Å²) in [4.78, 5) is 0. The van der Waals surface area contributed by atoms with E-state index in [2.05, 4.69) is 11.8 Å². The zero-order valence-electron chi connectivity index (χ0n) is 11.6. The summed E-state index contributed by atoms with van der Waals surface area (Å²) in [5.41, 5.74) is 7.49. The minimum absolute atomic E-state index is 0.143. The zero-order valence-corrected chi connectivity index (χ0v) is 11.6. The molecule has 0 unspecified atom stereocenters. The van der Waals surface area contributed by atoms with E-state index in [-0.39, 0.29) is 19.0 Å². The van der Waals surface area contributed by atoms with Crippen molar-refractivity contribution in [2.24, 2.45) is 5.73 Å². The van der Waals surface area contributed by atoms with E-state index in [9.17, 15) is 8.78 Å². The van der Waals surface area contributed by atoms with Crippen molar-refractivity contribution in [3.8, 4) is 17.6 Å². The minimum atomic E-state index is -0.417. The number of halogens is 2. The normalized spacial score (nSPS) is 9.90. The number of aryl methyl sites for hydroxylation is 1. The summed E-state index contributed by atoms with van der Waals surface area (Å²) in [6, 6.07) is 8.57. The van der Waals surface area contributed by atoms with Crippen LogP contribution in [0.3, 0.4) is 0 Å². The second kappa shape index (κ2) is 6.87. The first kappa shape index (κ1) is 15.0. The lowest BCUT2D eigenvalue weighted by atomic mass is 10.1. The summed E-state index contributed by atoms with van der Waals surface area (Å²) >= 11 is 0. The summed E-state index contributed by atoms with van der Waals surface area (Å²) in [5.74, 6) is 5.09. The first-order valence-electron chi connectivity index (χ1n) is 6.46. The van der Waals surface area contributed by atoms with E-state index in [0.29, 0.717) is 16.9 Å². The van der Waals surface area contributed by atoms with Crippen molar-refractivity contribution >= 4 is 0 Å². The fraction of sp³-hybridized carbons (Fsp3) is 0.176. The van der Waals surface area contributed by atoms with Crippen LogP contribution >= 0.6 is 0 Å². The Morgan fingerprint density at radius 3 is 2.57 bits per heavy atom. The molecule has 2 rings (SSSR count). The highest BCUT2D eigenvalue weighted by Gasteiger charge is 2.06. The van der Waals surface area contributed by atoms with E-state index < -0.39 is 5.82 Å². The van der Waals surface area contributed by atoms with E-state index in [1.54, 1.807) is 6.07 Å². The standard InChI is InChI=1S/C17H15F2NO/c1-12-4-6-15(18)9-14(12)11-21-17-10-16(19)7-5-13(17)3-2-8-20/h4-7,9-10H,8,11,20H2,1H3. The molecule has 0 aliphatic rings. The lowest BCUT2D eigenvalue weighted by Gasteiger charge is -2.10. The topological polar surface area (TPSA) is 35.2 Å². The maximum absolute atomic E-state index is 13.3. The van der Waals surface area contributed by atoms with Gasteiger partial charge >= 0.3 is 0 Å². The minimum Gasteiger partial charge on any atom is -0.487 e. The molecular formula is C17H15F2NO. The molecule has 0 amide bonds. The van der Waals surface area contributed by atoms with Gasteiger partial charge in [0.2, 0.25) is 0 Å². The van der Waals surface area contributed by atoms with Crippen LogP contribution in [0.15, 0.2) is 36.4 Å². The van der Waals surface area contributed by atoms with Crippen molar-refractivity contribution in [1.29, 1.82) is 0 Å². The molecule has 21 heavy (non-hydrogen) atoms. The third-order valence-corrected chi connectivity index (χ3v) is 2.96. The third kappa shape index (κ3) is 4.04. The Balaban J connectivity index is 2.23. The molecule has 0 bridgehead atoms. The molecule has 2 nitrogen and oxygen atoms in total. The smallest absolute Gasteiger partial charge is 0.138 e. The molecule has 4 heteroatoms. The molecule has 0 atom stereocenters. The van der Waals surface area contributed by atoms with E-state index in [4.69, 9.17) is 10.5 Å². The zero-order chi connectivity index (χ0) is 15.2. The summed E-state index contributed by atoms with van der Waals surface area (Å²) < 4.78 is 32.1. The SMILES string of the molecule is Cc1ccc(F)cc1COc1cc(F)ccc1C#CCN. The number of benzene rings is 2. The van der Waals surface area contributed by atoms with Crippen molar-refractivity contribution in [1.82, 2.24) is 0 Å². The molecule has 2 aromatic rings. The largest absolute Gasteiger partial charge is 0.487 e. The van der Waals surface area contributed by atoms with Gasteiger partial charge in [-0.15, -0.1) is 0 Å². The molecule has 0 fully saturated rings. The lowest BCUT2D eigenvalue weighted by Crippen LogP contribution is -2.01. The molecule has 108 valence electrons. The van der Waals surface area contributed by atoms with Crippen molar-refractivity contribution in [2.75, 3.05) is 6.54 Å². The fourth-order valence-corrected chi connectivity index (χ4v) is 1.82. The first-order chi connectivity index (χ1) is 10.1. The predicted molar refractivity (Wildman–Crippen MR) is 77.8 cm³/mol. The van der Waals surface area contributed by atoms with Gasteiger partial charge in [-0.25, -0.2) is 8.78 Å². The second-order valence-electron chi connectivity index (χ2n) is 4.51. The molecule has 0 saturated carbocycles. The Hall–Kier alpha value is -2.38. The summed E-state index contributed by atoms with van der Waals surface area (Å²) in [7, 11) is 0. The van der Waals surface area contributed by atoms with Gasteiger partial charge in [-0.1, -0.05) is 17.9 Å². The van der Waals surface area contributed by atoms with Crippen molar-refractivity contribution in [2.45, 2.75) is 13.5 Å². The fourth-order valence-electron chi connectivity index (χ4n) is 1.82. The van der Waals surface area contributed by atoms with Crippen LogP contribution in [0.1, 0.15) is 16.7 Å². The van der Waals surface area contributed by atoms with E-state index in [0.717, 1.165) is 5.56 Å². The van der Waals surface area contributed by atoms with Gasteiger partial charge < -0.3 is 10.5 Å². The van der Waals surface area contributed by atoms with E-state index in [1.807, 2.05) is 6.92 Å². The maximum Gasteiger partial charge on any atom is 0.138 e. The van der Waals surface area contributed by atoms with Gasteiger partial charge in [-0.2, -0.15) is 0 Å². The number of hydrogen-bond donors (Lipinski definition) is 1. The predicted octanol–water partition coefficient (Wildman–Crippen LogP) is 3.16. The van der Waals surface area contributed by atoms with Crippen LogP contribution < -0.4 is 10.5 Å². The van der Waals surface area contributed by atoms with Crippen LogP contribution in [0.2, 0.25) is 0 Å². The second-order valence-corrected chi connectivity index (χ2v) is 4.51. The molecule has 2 aromatic carbocycles. The first-order valence-corrected chi connectivity index (χ1v) is 6.46. The van der Waals surface area contributed by atoms with Gasteiger partial charge in [0, 0.05) is 6.07 Å². The van der Waals surface area contributed by atoms with Gasteiger partial charge in [0.15, 0.2) is 0 Å². The Kier molecular flexibility index (Phi) is 4.91. The van der Waals surface area contributed by atoms with Gasteiger partial charge in [-0.05, 0) is 42.3 Å². The summed E-state index contributed by atoms with van der Waals surface area (Å²) in [5, 5.41) is 0. The molecule has 0 aromatic heterocycles. The number of nitrogens with two attached hydrogens (primary N) is 1. The Morgan fingerprint density at radius 1 is 1.10 bits per heavy atom. The Bertz CT molecular complexity index is 702. The Labute approximate surface area is 122 Å². The number of hydrogen-bond acceptors (Lipinski definition) is 2. The van der Waals surface area contributed by atoms with E-state index in [1.165, 1.54) is 30.3 Å². The van der Waals surface area contributed by atoms with Crippen molar-refractivity contribution < 1.29 is 13.5 Å². The molecular weight excluding hydrogens is 272 g/mol. The molecule has 0 radical (unpaired) electrons. The highest BCUT2D eigenvalue weighted by molar-refractivity contribution is 5.46. The van der Waals surface area contributed by atoms with Gasteiger partial charge in [0.25, 0.3) is 0 Å². The molecule has 0 spiro atoms. The van der Waals surface area contributed by atoms with Crippen LogP contribution in [0.4, 0.5) is 8.78 Å². The van der Waals surface area contributed by atoms with Gasteiger partial charge in [0.1, 0.15) is 24.0 Å². The van der Waals surface area contributed by atoms with E-state index >= 15 is 0 Å². The van der Waals surface area contributed by atoms with Crippen molar-refractivity contribution in [3.05, 3.63) is 64.7 Å². The van der Waals surface area contributed by atoms with Crippen LogP contribution in [0, 0.1) is 30.4 Å². The molecule has 0 aliphatic carbocycles. The number of ether oxygens (including phenoxy) is 1. The highest BCUT2D eigenvalue weighted by Crippen LogP contribution is 2.21. The number of rotatable bonds is 3. The molecule has 2 N–H and O–H groups in total. The molecule has 0 aliphatic heterocycles. The highest BCUT2D eigenvalue weighted by atomic mass is 19.1. The third-order valence-electron chi connectivity index (χ3n) is 2.96. The average Bonchev–Trinajstić information content (AvgIpc) is 2.47. The monoisotopic (exact) mass is 287 g/mol. The Morgan fingerprint density at radius 2 is 1.81 bits per heavy atom. The summed E-state index contributed by atoms with van der Waals surface area (Å²) in [6.07, 6.45) is 0. The van der Waals surface area contributed by atoms with Gasteiger partial charge in [0.05, 0.1) is 12.1 Å². The molecule has 0 saturated heterocycles. The molecule has 0 heterocycles. The average molecular weight is 287 g/mol.